The summed E-state index contributed by atoms with van der Waals surface area (Å²) in [6.07, 6.45) is -5.89. The molecule has 0 radical (unpaired) electrons. The van der Waals surface area contributed by atoms with E-state index in [1.807, 2.05) is 6.07 Å². The van der Waals surface area contributed by atoms with Crippen molar-refractivity contribution in [2.75, 3.05) is 0 Å². The average Bonchev–Trinajstić information content (AvgIpc) is 3.18. The van der Waals surface area contributed by atoms with Gasteiger partial charge in [-0.2, -0.15) is 0 Å². The molecule has 0 saturated carbocycles. The van der Waals surface area contributed by atoms with Crippen molar-refractivity contribution < 1.29 is 24.4 Å². The summed E-state index contributed by atoms with van der Waals surface area (Å²) in [4.78, 5) is 7.53. The van der Waals surface area contributed by atoms with E-state index in [1.165, 1.54) is 0 Å². The van der Waals surface area contributed by atoms with Crippen molar-refractivity contribution in [1.29, 1.82) is 0 Å². The first-order chi connectivity index (χ1) is 15.5. The van der Waals surface area contributed by atoms with Gasteiger partial charge in [0.25, 0.3) is 0 Å². The monoisotopic (exact) mass is 451 g/mol. The fraction of sp³-hybridized carbons (Fsp3) is 0.0476. The third-order valence-electron chi connectivity index (χ3n) is 4.35. The Morgan fingerprint density at radius 3 is 2.50 bits per heavy atom. The van der Waals surface area contributed by atoms with Gasteiger partial charge in [-0.25, -0.2) is 0 Å². The fourth-order valence-electron chi connectivity index (χ4n) is 3.20. The van der Waals surface area contributed by atoms with Crippen LogP contribution in [0.25, 0.3) is 41.5 Å². The van der Waals surface area contributed by atoms with Crippen molar-refractivity contribution in [2.45, 2.75) is 6.18 Å². The van der Waals surface area contributed by atoms with Crippen LogP contribution in [0.1, 0.15) is 12.4 Å². The van der Waals surface area contributed by atoms with Gasteiger partial charge < -0.3 is 0 Å². The summed E-state index contributed by atoms with van der Waals surface area (Å²) < 4.78 is 99.7. The second-order valence-corrected chi connectivity index (χ2v) is 8.25. The maximum atomic E-state index is 15.9. The van der Waals surface area contributed by atoms with Crippen LogP contribution in [0.3, 0.4) is 0 Å². The van der Waals surface area contributed by atoms with Gasteiger partial charge in [-0.15, -0.1) is 0 Å². The minimum absolute atomic E-state index is 0.182. The molecule has 0 fully saturated rings. The molecule has 0 aliphatic rings. The molecular weight excluding hydrogens is 435 g/mol. The molecular formula is C21H10F4N2Se. The van der Waals surface area contributed by atoms with Gasteiger partial charge in [0, 0.05) is 0 Å². The summed E-state index contributed by atoms with van der Waals surface area (Å²) in [6, 6.07) is 5.18. The summed E-state index contributed by atoms with van der Waals surface area (Å²) in [7, 11) is 0. The Morgan fingerprint density at radius 2 is 1.75 bits per heavy atom. The Labute approximate surface area is 169 Å². The van der Waals surface area contributed by atoms with Gasteiger partial charge in [0.05, 0.1) is 0 Å². The van der Waals surface area contributed by atoms with Gasteiger partial charge in [-0.05, 0) is 0 Å². The van der Waals surface area contributed by atoms with Crippen LogP contribution in [-0.2, 0) is 6.18 Å². The molecule has 2 aromatic heterocycles. The van der Waals surface area contributed by atoms with Crippen molar-refractivity contribution in [2.24, 2.45) is 0 Å². The molecule has 2 heterocycles. The average molecular weight is 450 g/mol. The number of rotatable bonds is 1. The molecule has 0 N–H and O–H groups in total. The van der Waals surface area contributed by atoms with E-state index < -0.39 is 84.2 Å². The van der Waals surface area contributed by atoms with E-state index in [1.54, 1.807) is 24.3 Å². The summed E-state index contributed by atoms with van der Waals surface area (Å²) >= 11 is -0.430. The fourth-order valence-corrected chi connectivity index (χ4v) is 5.42. The van der Waals surface area contributed by atoms with E-state index in [4.69, 9.17) is 6.85 Å². The summed E-state index contributed by atoms with van der Waals surface area (Å²) in [6.45, 7) is 0. The maximum absolute atomic E-state index is 15.9. The quantitative estimate of drug-likeness (QED) is 0.183. The van der Waals surface area contributed by atoms with Crippen LogP contribution in [0.15, 0.2) is 60.8 Å². The van der Waals surface area contributed by atoms with E-state index in [-0.39, 0.29) is 5.69 Å². The zero-order chi connectivity index (χ0) is 23.8. The van der Waals surface area contributed by atoms with E-state index >= 15 is 4.39 Å². The Kier molecular flexibility index (Phi) is 2.77. The van der Waals surface area contributed by atoms with Crippen molar-refractivity contribution in [3.63, 3.8) is 0 Å². The topological polar surface area (TPSA) is 25.8 Å². The number of fused-ring (bicyclic) bond motifs is 3. The van der Waals surface area contributed by atoms with Crippen LogP contribution in [-0.4, -0.2) is 24.5 Å². The Morgan fingerprint density at radius 1 is 1.00 bits per heavy atom. The van der Waals surface area contributed by atoms with Crippen LogP contribution >= 0.6 is 0 Å². The van der Waals surface area contributed by atoms with E-state index in [0.717, 1.165) is 9.65 Å². The number of benzene rings is 3. The summed E-state index contributed by atoms with van der Waals surface area (Å²) in [5, 5.41) is -1.70. The number of halogens is 4. The molecule has 0 aliphatic carbocycles. The van der Waals surface area contributed by atoms with Crippen LogP contribution in [0, 0.1) is 5.82 Å². The molecule has 0 saturated heterocycles. The van der Waals surface area contributed by atoms with Crippen molar-refractivity contribution >= 4 is 45.8 Å². The number of aromatic nitrogens is 2. The zero-order valence-corrected chi connectivity index (χ0v) is 15.4. The molecule has 0 spiro atoms. The second-order valence-electron chi connectivity index (χ2n) is 5.98. The first kappa shape index (κ1) is 12.6. The summed E-state index contributed by atoms with van der Waals surface area (Å²) in [5.74, 6) is -1.28. The standard InChI is InChI=1S/C21H10F4N2Se/c22-18-13-7-3-2-6-12(13)17(21(23,24)25)20-16(18)19(26-10-27-20)15-9-11-5-1-4-8-14(11)28-15/h1-10H/i2D,3D,6D,7D,10D. The van der Waals surface area contributed by atoms with E-state index in [0.29, 0.717) is 4.44 Å². The zero-order valence-electron chi connectivity index (χ0n) is 18.7. The molecule has 28 heavy (non-hydrogen) atoms. The molecule has 138 valence electrons. The molecule has 0 unspecified atom stereocenters. The third kappa shape index (κ3) is 2.54. The first-order valence-electron chi connectivity index (χ1n) is 10.5. The SMILES string of the molecule is [2H]c1nc(-c2cc3ccccc3[se]2)c2c(F)c3c([2H])c([2H])c([2H])c([2H])c3c(C(F)(F)F)c2n1. The second kappa shape index (κ2) is 6.12. The van der Waals surface area contributed by atoms with Crippen molar-refractivity contribution in [1.82, 2.24) is 9.97 Å². The van der Waals surface area contributed by atoms with Crippen LogP contribution < -0.4 is 0 Å². The third-order valence-corrected chi connectivity index (χ3v) is 6.71. The number of hydrogen-bond donors (Lipinski definition) is 0. The molecule has 7 heteroatoms. The number of nitrogens with zero attached hydrogens (tertiary/aromatic N) is 2. The van der Waals surface area contributed by atoms with Crippen molar-refractivity contribution in [3.8, 4) is 10.1 Å². The predicted molar refractivity (Wildman–Crippen MR) is 102 cm³/mol. The molecule has 0 bridgehead atoms. The first-order valence-corrected chi connectivity index (χ1v) is 9.68. The van der Waals surface area contributed by atoms with Crippen LogP contribution in [0.4, 0.5) is 17.6 Å². The molecule has 5 rings (SSSR count). The molecule has 2 nitrogen and oxygen atoms in total. The van der Waals surface area contributed by atoms with Gasteiger partial charge >= 0.3 is 169 Å². The Balaban J connectivity index is 2.08. The normalized spacial score (nSPS) is 14.8. The minimum atomic E-state index is -5.14. The predicted octanol–water partition coefficient (Wildman–Crippen LogP) is 5.82. The molecule has 0 amide bonds. The van der Waals surface area contributed by atoms with Gasteiger partial charge in [-0.1, -0.05) is 0 Å². The summed E-state index contributed by atoms with van der Waals surface area (Å²) in [5.41, 5.74) is -2.60. The Hall–Kier alpha value is -2.76. The van der Waals surface area contributed by atoms with Gasteiger partial charge in [0.1, 0.15) is 0 Å². The molecule has 5 aromatic rings. The number of alkyl halides is 3. The van der Waals surface area contributed by atoms with Gasteiger partial charge in [-0.3, -0.25) is 0 Å². The molecule has 0 aliphatic heterocycles. The van der Waals surface area contributed by atoms with Crippen LogP contribution in [0.2, 0.25) is 0 Å². The Bertz CT molecular complexity index is 1600. The van der Waals surface area contributed by atoms with E-state index in [9.17, 15) is 13.2 Å². The molecule has 3 aromatic carbocycles. The van der Waals surface area contributed by atoms with E-state index in [2.05, 4.69) is 9.97 Å². The molecule has 0 atom stereocenters. The van der Waals surface area contributed by atoms with Crippen molar-refractivity contribution in [3.05, 3.63) is 72.2 Å². The number of hydrogen-bond acceptors (Lipinski definition) is 2. The van der Waals surface area contributed by atoms with Crippen LogP contribution in [0.5, 0.6) is 0 Å². The van der Waals surface area contributed by atoms with Gasteiger partial charge in [0.2, 0.25) is 0 Å². The van der Waals surface area contributed by atoms with Gasteiger partial charge in [0.15, 0.2) is 0 Å².